The normalized spacial score (nSPS) is 21.6. The van der Waals surface area contributed by atoms with Crippen molar-refractivity contribution >= 4 is 0 Å². The van der Waals surface area contributed by atoms with Gasteiger partial charge in [-0.15, -0.1) is 0 Å². The maximum Gasteiger partial charge on any atom is 0.0541 e. The molecule has 4 heteroatoms. The minimum atomic E-state index is 0.513. The van der Waals surface area contributed by atoms with Crippen molar-refractivity contribution in [2.75, 3.05) is 0 Å². The van der Waals surface area contributed by atoms with E-state index >= 15 is 0 Å². The lowest BCUT2D eigenvalue weighted by Crippen LogP contribution is -2.49. The second-order valence-corrected chi connectivity index (χ2v) is 5.90. The number of aromatic nitrogens is 2. The van der Waals surface area contributed by atoms with Gasteiger partial charge in [0, 0.05) is 37.6 Å². The van der Waals surface area contributed by atoms with Gasteiger partial charge >= 0.3 is 0 Å². The highest BCUT2D eigenvalue weighted by Gasteiger charge is 2.24. The summed E-state index contributed by atoms with van der Waals surface area (Å²) in [5.41, 5.74) is 2.22. The zero-order chi connectivity index (χ0) is 15.0. The Labute approximate surface area is 132 Å². The summed E-state index contributed by atoms with van der Waals surface area (Å²) < 4.78 is 0. The molecule has 0 radical (unpaired) electrons. The predicted molar refractivity (Wildman–Crippen MR) is 88.2 cm³/mol. The van der Waals surface area contributed by atoms with Crippen LogP contribution in [0.15, 0.2) is 48.8 Å². The molecule has 0 aliphatic heterocycles. The average Bonchev–Trinajstić information content (AvgIpc) is 2.61. The Kier molecular flexibility index (Phi) is 5.51. The first-order valence-electron chi connectivity index (χ1n) is 8.18. The second-order valence-electron chi connectivity index (χ2n) is 5.90. The standard InChI is InChI=1S/C18H24N4/c1-2-10-18(22-14-16-8-4-6-12-20-16)17(9-1)21-13-15-7-3-5-11-19-15/h3-8,11-12,17-18,21-22H,1-2,9-10,13-14H2/t17-,18?/m1/s1. The highest BCUT2D eigenvalue weighted by Crippen LogP contribution is 2.19. The first-order chi connectivity index (χ1) is 10.9. The third-order valence-corrected chi connectivity index (χ3v) is 4.31. The summed E-state index contributed by atoms with van der Waals surface area (Å²) in [4.78, 5) is 8.78. The number of pyridine rings is 2. The van der Waals surface area contributed by atoms with Crippen molar-refractivity contribution in [3.05, 3.63) is 60.2 Å². The lowest BCUT2D eigenvalue weighted by atomic mass is 9.90. The van der Waals surface area contributed by atoms with Gasteiger partial charge in [-0.2, -0.15) is 0 Å². The second kappa shape index (κ2) is 8.01. The van der Waals surface area contributed by atoms with E-state index in [4.69, 9.17) is 0 Å². The number of hydrogen-bond acceptors (Lipinski definition) is 4. The molecule has 1 saturated carbocycles. The zero-order valence-corrected chi connectivity index (χ0v) is 12.9. The van der Waals surface area contributed by atoms with E-state index in [1.54, 1.807) is 0 Å². The molecule has 2 aromatic rings. The molecule has 0 amide bonds. The van der Waals surface area contributed by atoms with Crippen LogP contribution in [0.4, 0.5) is 0 Å². The molecule has 22 heavy (non-hydrogen) atoms. The summed E-state index contributed by atoms with van der Waals surface area (Å²) in [6.45, 7) is 1.68. The lowest BCUT2D eigenvalue weighted by molar-refractivity contribution is 0.280. The van der Waals surface area contributed by atoms with Gasteiger partial charge in [0.25, 0.3) is 0 Å². The van der Waals surface area contributed by atoms with Crippen molar-refractivity contribution < 1.29 is 0 Å². The summed E-state index contributed by atoms with van der Waals surface area (Å²) in [7, 11) is 0. The third-order valence-electron chi connectivity index (χ3n) is 4.31. The summed E-state index contributed by atoms with van der Waals surface area (Å²) in [5, 5.41) is 7.36. The van der Waals surface area contributed by atoms with Crippen molar-refractivity contribution in [3.63, 3.8) is 0 Å². The SMILES string of the molecule is c1ccc(CNC2CCCC[C@H]2NCc2ccccn2)nc1. The molecule has 3 rings (SSSR count). The molecule has 0 bridgehead atoms. The van der Waals surface area contributed by atoms with Crippen LogP contribution in [-0.2, 0) is 13.1 Å². The van der Waals surface area contributed by atoms with E-state index < -0.39 is 0 Å². The van der Waals surface area contributed by atoms with Crippen LogP contribution in [0, 0.1) is 0 Å². The van der Waals surface area contributed by atoms with Gasteiger partial charge in [0.1, 0.15) is 0 Å². The molecular formula is C18H24N4. The maximum absolute atomic E-state index is 4.39. The Hall–Kier alpha value is -1.78. The Morgan fingerprint density at radius 3 is 1.68 bits per heavy atom. The van der Waals surface area contributed by atoms with Gasteiger partial charge in [-0.05, 0) is 37.1 Å². The lowest BCUT2D eigenvalue weighted by Gasteiger charge is -2.33. The molecule has 2 aromatic heterocycles. The number of rotatable bonds is 6. The minimum absolute atomic E-state index is 0.513. The van der Waals surface area contributed by atoms with Crippen LogP contribution in [0.1, 0.15) is 37.1 Å². The summed E-state index contributed by atoms with van der Waals surface area (Å²) in [6.07, 6.45) is 8.78. The molecule has 1 aliphatic rings. The summed E-state index contributed by atoms with van der Waals surface area (Å²) in [6, 6.07) is 13.2. The summed E-state index contributed by atoms with van der Waals surface area (Å²) in [5.74, 6) is 0. The topological polar surface area (TPSA) is 49.8 Å². The molecule has 1 unspecified atom stereocenters. The van der Waals surface area contributed by atoms with E-state index in [-0.39, 0.29) is 0 Å². The summed E-state index contributed by atoms with van der Waals surface area (Å²) >= 11 is 0. The molecule has 1 aliphatic carbocycles. The van der Waals surface area contributed by atoms with Crippen molar-refractivity contribution in [1.82, 2.24) is 20.6 Å². The molecule has 0 spiro atoms. The maximum atomic E-state index is 4.39. The van der Waals surface area contributed by atoms with Crippen molar-refractivity contribution in [2.45, 2.75) is 50.9 Å². The first-order valence-corrected chi connectivity index (χ1v) is 8.18. The van der Waals surface area contributed by atoms with Crippen LogP contribution in [0.3, 0.4) is 0 Å². The Balaban J connectivity index is 1.52. The Bertz CT molecular complexity index is 492. The Morgan fingerprint density at radius 1 is 0.773 bits per heavy atom. The first kappa shape index (κ1) is 15.1. The smallest absolute Gasteiger partial charge is 0.0541 e. The largest absolute Gasteiger partial charge is 0.307 e. The fourth-order valence-electron chi connectivity index (χ4n) is 3.10. The van der Waals surface area contributed by atoms with Gasteiger partial charge in [0.15, 0.2) is 0 Å². The van der Waals surface area contributed by atoms with Crippen LogP contribution in [0.5, 0.6) is 0 Å². The van der Waals surface area contributed by atoms with Crippen molar-refractivity contribution in [2.24, 2.45) is 0 Å². The average molecular weight is 296 g/mol. The van der Waals surface area contributed by atoms with Gasteiger partial charge < -0.3 is 10.6 Å². The van der Waals surface area contributed by atoms with E-state index in [0.29, 0.717) is 12.1 Å². The number of nitrogens with zero attached hydrogens (tertiary/aromatic N) is 2. The molecule has 2 heterocycles. The Morgan fingerprint density at radius 2 is 1.27 bits per heavy atom. The van der Waals surface area contributed by atoms with Gasteiger partial charge in [-0.25, -0.2) is 0 Å². The van der Waals surface area contributed by atoms with Gasteiger partial charge in [-0.1, -0.05) is 25.0 Å². The van der Waals surface area contributed by atoms with Crippen molar-refractivity contribution in [1.29, 1.82) is 0 Å². The van der Waals surface area contributed by atoms with Gasteiger partial charge in [-0.3, -0.25) is 9.97 Å². The minimum Gasteiger partial charge on any atom is -0.307 e. The van der Waals surface area contributed by atoms with Gasteiger partial charge in [0.05, 0.1) is 11.4 Å². The zero-order valence-electron chi connectivity index (χ0n) is 12.9. The highest BCUT2D eigenvalue weighted by atomic mass is 15.0. The third kappa shape index (κ3) is 4.36. The van der Waals surface area contributed by atoms with Crippen LogP contribution in [-0.4, -0.2) is 22.1 Å². The van der Waals surface area contributed by atoms with Gasteiger partial charge in [0.2, 0.25) is 0 Å². The molecule has 4 nitrogen and oxygen atoms in total. The van der Waals surface area contributed by atoms with Crippen molar-refractivity contribution in [3.8, 4) is 0 Å². The van der Waals surface area contributed by atoms with E-state index in [2.05, 4.69) is 32.7 Å². The predicted octanol–water partition coefficient (Wildman–Crippen LogP) is 2.67. The van der Waals surface area contributed by atoms with Crippen LogP contribution >= 0.6 is 0 Å². The fourth-order valence-corrected chi connectivity index (χ4v) is 3.10. The number of hydrogen-bond donors (Lipinski definition) is 2. The fraction of sp³-hybridized carbons (Fsp3) is 0.444. The van der Waals surface area contributed by atoms with E-state index in [0.717, 1.165) is 24.5 Å². The number of nitrogens with one attached hydrogen (secondary N) is 2. The molecule has 116 valence electrons. The molecule has 2 N–H and O–H groups in total. The molecule has 0 saturated heterocycles. The highest BCUT2D eigenvalue weighted by molar-refractivity contribution is 5.05. The van der Waals surface area contributed by atoms with Crippen LogP contribution in [0.25, 0.3) is 0 Å². The quantitative estimate of drug-likeness (QED) is 0.860. The van der Waals surface area contributed by atoms with E-state index in [1.807, 2.05) is 36.7 Å². The van der Waals surface area contributed by atoms with Crippen LogP contribution in [0.2, 0.25) is 0 Å². The monoisotopic (exact) mass is 296 g/mol. The van der Waals surface area contributed by atoms with Crippen LogP contribution < -0.4 is 10.6 Å². The van der Waals surface area contributed by atoms with E-state index in [1.165, 1.54) is 25.7 Å². The van der Waals surface area contributed by atoms with E-state index in [9.17, 15) is 0 Å². The molecule has 0 aromatic carbocycles. The molecular weight excluding hydrogens is 272 g/mol. The molecule has 2 atom stereocenters. The molecule has 1 fully saturated rings.